The molecule has 7 heteroatoms. The van der Waals surface area contributed by atoms with Gasteiger partial charge in [-0.05, 0) is 20.9 Å². The summed E-state index contributed by atoms with van der Waals surface area (Å²) in [6, 6.07) is 0. The number of rotatable bonds is 2. The van der Waals surface area contributed by atoms with Crippen LogP contribution < -0.4 is 0 Å². The molecule has 0 aliphatic carbocycles. The Morgan fingerprint density at radius 3 is 2.71 bits per heavy atom. The van der Waals surface area contributed by atoms with Gasteiger partial charge in [0.1, 0.15) is 11.0 Å². The summed E-state index contributed by atoms with van der Waals surface area (Å²) in [5.41, 5.74) is 0.956. The Balaban J connectivity index is 1.83. The van der Waals surface area contributed by atoms with E-state index in [0.717, 1.165) is 43.0 Å². The molecule has 0 bridgehead atoms. The quantitative estimate of drug-likeness (QED) is 0.788. The zero-order chi connectivity index (χ0) is 15.2. The average molecular weight is 309 g/mol. The molecule has 3 heterocycles. The van der Waals surface area contributed by atoms with Crippen LogP contribution in [-0.2, 0) is 13.6 Å². The van der Waals surface area contributed by atoms with Crippen molar-refractivity contribution in [1.29, 1.82) is 0 Å². The summed E-state index contributed by atoms with van der Waals surface area (Å²) in [5.74, 6) is 0.761. The second-order valence-electron chi connectivity index (χ2n) is 6.38. The minimum Gasteiger partial charge on any atom is -0.299 e. The van der Waals surface area contributed by atoms with E-state index in [4.69, 9.17) is 11.6 Å². The maximum Gasteiger partial charge on any atom is 0.162 e. The molecule has 0 amide bonds. The smallest absolute Gasteiger partial charge is 0.162 e. The van der Waals surface area contributed by atoms with Crippen LogP contribution >= 0.6 is 11.6 Å². The van der Waals surface area contributed by atoms with Gasteiger partial charge in [-0.3, -0.25) is 14.5 Å². The first kappa shape index (κ1) is 14.7. The van der Waals surface area contributed by atoms with Crippen molar-refractivity contribution in [2.75, 3.05) is 26.7 Å². The van der Waals surface area contributed by atoms with Crippen LogP contribution in [0.15, 0.2) is 6.20 Å². The summed E-state index contributed by atoms with van der Waals surface area (Å²) >= 11 is 6.24. The van der Waals surface area contributed by atoms with Gasteiger partial charge < -0.3 is 0 Å². The van der Waals surface area contributed by atoms with Gasteiger partial charge in [-0.2, -0.15) is 5.10 Å². The number of hydrogen-bond donors (Lipinski definition) is 0. The number of aryl methyl sites for hydroxylation is 1. The van der Waals surface area contributed by atoms with Crippen molar-refractivity contribution < 1.29 is 0 Å². The molecule has 0 N–H and O–H groups in total. The van der Waals surface area contributed by atoms with Crippen molar-refractivity contribution in [2.24, 2.45) is 7.05 Å². The van der Waals surface area contributed by atoms with E-state index in [2.05, 4.69) is 45.8 Å². The molecule has 2 aromatic heterocycles. The van der Waals surface area contributed by atoms with E-state index < -0.39 is 0 Å². The Morgan fingerprint density at radius 1 is 1.24 bits per heavy atom. The SMILES string of the molecule is CN1CCN(Cc2nc(Cl)c3cnn(C)c3n2)CC1(C)C. The molecular formula is C14H21ClN6. The van der Waals surface area contributed by atoms with Crippen molar-refractivity contribution in [2.45, 2.75) is 25.9 Å². The topological polar surface area (TPSA) is 50.1 Å². The van der Waals surface area contributed by atoms with Crippen LogP contribution in [0.3, 0.4) is 0 Å². The zero-order valence-electron chi connectivity index (χ0n) is 13.0. The summed E-state index contributed by atoms with van der Waals surface area (Å²) in [4.78, 5) is 13.8. The van der Waals surface area contributed by atoms with Gasteiger partial charge in [0.15, 0.2) is 5.65 Å². The average Bonchev–Trinajstić information content (AvgIpc) is 2.76. The Kier molecular flexibility index (Phi) is 3.63. The van der Waals surface area contributed by atoms with Gasteiger partial charge in [-0.1, -0.05) is 11.6 Å². The highest BCUT2D eigenvalue weighted by molar-refractivity contribution is 6.33. The lowest BCUT2D eigenvalue weighted by Crippen LogP contribution is -2.57. The lowest BCUT2D eigenvalue weighted by Gasteiger charge is -2.45. The predicted octanol–water partition coefficient (Wildman–Crippen LogP) is 1.54. The van der Waals surface area contributed by atoms with Crippen LogP contribution in [0.4, 0.5) is 0 Å². The first-order valence-corrected chi connectivity index (χ1v) is 7.52. The number of hydrogen-bond acceptors (Lipinski definition) is 5. The molecule has 0 saturated carbocycles. The largest absolute Gasteiger partial charge is 0.299 e. The van der Waals surface area contributed by atoms with Gasteiger partial charge in [0, 0.05) is 32.2 Å². The molecule has 1 aliphatic rings. The number of likely N-dealkylation sites (N-methyl/N-ethyl adjacent to an activating group) is 1. The Labute approximate surface area is 129 Å². The summed E-state index contributed by atoms with van der Waals surface area (Å²) in [7, 11) is 4.04. The Hall–Kier alpha value is -1.24. The van der Waals surface area contributed by atoms with Crippen LogP contribution in [0.2, 0.25) is 5.15 Å². The molecule has 1 fully saturated rings. The van der Waals surface area contributed by atoms with Gasteiger partial charge in [0.05, 0.1) is 18.1 Å². The van der Waals surface area contributed by atoms with Crippen molar-refractivity contribution in [3.63, 3.8) is 0 Å². The van der Waals surface area contributed by atoms with Crippen molar-refractivity contribution in [3.8, 4) is 0 Å². The van der Waals surface area contributed by atoms with E-state index >= 15 is 0 Å². The van der Waals surface area contributed by atoms with Crippen LogP contribution in [0.25, 0.3) is 11.0 Å². The molecule has 0 aromatic carbocycles. The second-order valence-corrected chi connectivity index (χ2v) is 6.74. The highest BCUT2D eigenvalue weighted by Gasteiger charge is 2.31. The summed E-state index contributed by atoms with van der Waals surface area (Å²) in [6.07, 6.45) is 1.71. The van der Waals surface area contributed by atoms with E-state index in [1.807, 2.05) is 7.05 Å². The Morgan fingerprint density at radius 2 is 2.00 bits per heavy atom. The third-order valence-corrected chi connectivity index (χ3v) is 4.64. The molecule has 114 valence electrons. The number of piperazine rings is 1. The van der Waals surface area contributed by atoms with Gasteiger partial charge >= 0.3 is 0 Å². The Bertz CT molecular complexity index is 665. The van der Waals surface area contributed by atoms with Crippen LogP contribution in [0, 0.1) is 0 Å². The van der Waals surface area contributed by atoms with Gasteiger partial charge in [-0.15, -0.1) is 0 Å². The number of nitrogens with zero attached hydrogens (tertiary/aromatic N) is 6. The number of halogens is 1. The fraction of sp³-hybridized carbons (Fsp3) is 0.643. The number of aromatic nitrogens is 4. The first-order valence-electron chi connectivity index (χ1n) is 7.14. The fourth-order valence-corrected chi connectivity index (χ4v) is 3.01. The summed E-state index contributed by atoms with van der Waals surface area (Å²) in [6.45, 7) is 8.31. The number of fused-ring (bicyclic) bond motifs is 1. The van der Waals surface area contributed by atoms with Crippen LogP contribution in [0.1, 0.15) is 19.7 Å². The van der Waals surface area contributed by atoms with E-state index in [-0.39, 0.29) is 5.54 Å². The molecule has 1 saturated heterocycles. The monoisotopic (exact) mass is 308 g/mol. The normalized spacial score (nSPS) is 20.2. The maximum absolute atomic E-state index is 6.24. The predicted molar refractivity (Wildman–Crippen MR) is 83.3 cm³/mol. The molecule has 2 aromatic rings. The first-order chi connectivity index (χ1) is 9.87. The van der Waals surface area contributed by atoms with Crippen molar-refractivity contribution in [1.82, 2.24) is 29.5 Å². The van der Waals surface area contributed by atoms with E-state index in [1.54, 1.807) is 10.9 Å². The lowest BCUT2D eigenvalue weighted by atomic mass is 10.00. The van der Waals surface area contributed by atoms with Gasteiger partial charge in [-0.25, -0.2) is 9.97 Å². The van der Waals surface area contributed by atoms with E-state index in [1.165, 1.54) is 0 Å². The molecule has 0 unspecified atom stereocenters. The second kappa shape index (κ2) is 5.19. The lowest BCUT2D eigenvalue weighted by molar-refractivity contribution is 0.0348. The molecule has 3 rings (SSSR count). The highest BCUT2D eigenvalue weighted by atomic mass is 35.5. The summed E-state index contributed by atoms with van der Waals surface area (Å²) in [5, 5.41) is 5.48. The standard InChI is InChI=1S/C14H21ClN6/c1-14(2)9-21(6-5-19(14)3)8-11-17-12(15)10-7-16-20(4)13(10)18-11/h7H,5-6,8-9H2,1-4H3. The third-order valence-electron chi connectivity index (χ3n) is 4.35. The minimum absolute atomic E-state index is 0.165. The van der Waals surface area contributed by atoms with Crippen LogP contribution in [0.5, 0.6) is 0 Å². The molecule has 1 aliphatic heterocycles. The minimum atomic E-state index is 0.165. The zero-order valence-corrected chi connectivity index (χ0v) is 13.7. The molecule has 0 spiro atoms. The van der Waals surface area contributed by atoms with Gasteiger partial charge in [0.25, 0.3) is 0 Å². The summed E-state index contributed by atoms with van der Waals surface area (Å²) < 4.78 is 1.74. The van der Waals surface area contributed by atoms with Gasteiger partial charge in [0.2, 0.25) is 0 Å². The maximum atomic E-state index is 6.24. The van der Waals surface area contributed by atoms with Crippen LogP contribution in [-0.4, -0.2) is 61.8 Å². The molecule has 21 heavy (non-hydrogen) atoms. The van der Waals surface area contributed by atoms with E-state index in [9.17, 15) is 0 Å². The van der Waals surface area contributed by atoms with Crippen molar-refractivity contribution in [3.05, 3.63) is 17.2 Å². The fourth-order valence-electron chi connectivity index (χ4n) is 2.78. The molecule has 0 radical (unpaired) electrons. The third kappa shape index (κ3) is 2.75. The molecule has 0 atom stereocenters. The van der Waals surface area contributed by atoms with E-state index in [0.29, 0.717) is 5.15 Å². The van der Waals surface area contributed by atoms with Crippen molar-refractivity contribution >= 4 is 22.6 Å². The highest BCUT2D eigenvalue weighted by Crippen LogP contribution is 2.22. The molecule has 6 nitrogen and oxygen atoms in total. The molecular weight excluding hydrogens is 288 g/mol.